The molecule has 0 amide bonds. The van der Waals surface area contributed by atoms with Crippen LogP contribution in [0.15, 0.2) is 30.3 Å². The molecule has 0 spiro atoms. The Bertz CT molecular complexity index is 146. The number of hydrogen-bond acceptors (Lipinski definition) is 0. The summed E-state index contributed by atoms with van der Waals surface area (Å²) in [6, 6.07) is 10.3. The van der Waals surface area contributed by atoms with Gasteiger partial charge in [-0.3, -0.25) is 0 Å². The number of hydrogen-bond donors (Lipinski definition) is 0. The van der Waals surface area contributed by atoms with Crippen LogP contribution >= 0.6 is 0 Å². The second-order valence-electron chi connectivity index (χ2n) is 1.46. The molecule has 0 nitrogen and oxygen atoms in total. The van der Waals surface area contributed by atoms with Crippen LogP contribution in [0.25, 0.3) is 0 Å². The Morgan fingerprint density at radius 2 is 1.75 bits per heavy atom. The molecule has 1 heteroatoms. The Labute approximate surface area is 56.1 Å². The summed E-state index contributed by atoms with van der Waals surface area (Å²) in [6.07, 6.45) is 0. The van der Waals surface area contributed by atoms with Gasteiger partial charge in [0.1, 0.15) is 0 Å². The van der Waals surface area contributed by atoms with Crippen molar-refractivity contribution >= 4 is 19.4 Å². The van der Waals surface area contributed by atoms with Gasteiger partial charge in [-0.15, -0.1) is 0 Å². The van der Waals surface area contributed by atoms with E-state index in [4.69, 9.17) is 0 Å². The molecule has 0 aliphatic heterocycles. The van der Waals surface area contributed by atoms with Crippen LogP contribution < -0.4 is 4.46 Å². The summed E-state index contributed by atoms with van der Waals surface area (Å²) in [5.41, 5.74) is 0. The van der Waals surface area contributed by atoms with E-state index < -0.39 is 0 Å². The van der Waals surface area contributed by atoms with Gasteiger partial charge >= 0.3 is 55.6 Å². The average molecular weight is 170 g/mol. The standard InChI is InChI=1S/C7H7Se/c1-8-7-5-3-2-4-6-7/h2-6H,1H2. The van der Waals surface area contributed by atoms with E-state index in [2.05, 4.69) is 18.0 Å². The molecule has 1 rings (SSSR count). The van der Waals surface area contributed by atoms with Gasteiger partial charge in [-0.2, -0.15) is 0 Å². The third kappa shape index (κ3) is 1.36. The zero-order chi connectivity index (χ0) is 5.82. The van der Waals surface area contributed by atoms with Gasteiger partial charge in [-0.1, -0.05) is 0 Å². The SMILES string of the molecule is [CH2][Se]c1ccccc1. The molecule has 0 aromatic heterocycles. The first-order valence-corrected chi connectivity index (χ1v) is 4.47. The van der Waals surface area contributed by atoms with Crippen LogP contribution in [0.1, 0.15) is 0 Å². The Balaban J connectivity index is 2.83. The first-order chi connectivity index (χ1) is 3.93. The van der Waals surface area contributed by atoms with Crippen molar-refractivity contribution in [3.8, 4) is 0 Å². The Morgan fingerprint density at radius 3 is 2.12 bits per heavy atom. The number of benzene rings is 1. The molecule has 0 atom stereocenters. The molecular weight excluding hydrogens is 163 g/mol. The van der Waals surface area contributed by atoms with Crippen LogP contribution in [0.4, 0.5) is 0 Å². The maximum atomic E-state index is 3.82. The molecule has 0 saturated carbocycles. The van der Waals surface area contributed by atoms with Crippen molar-refractivity contribution in [3.05, 3.63) is 36.2 Å². The molecule has 1 radical (unpaired) electrons. The van der Waals surface area contributed by atoms with Gasteiger partial charge in [0.25, 0.3) is 0 Å². The molecule has 0 fully saturated rings. The summed E-state index contributed by atoms with van der Waals surface area (Å²) in [5, 5.41) is 0. The monoisotopic (exact) mass is 171 g/mol. The molecule has 1 aromatic carbocycles. The maximum absolute atomic E-state index is 3.82. The van der Waals surface area contributed by atoms with E-state index in [1.807, 2.05) is 18.2 Å². The third-order valence-corrected chi connectivity index (χ3v) is 2.18. The fraction of sp³-hybridized carbons (Fsp3) is 0. The molecule has 0 unspecified atom stereocenters. The van der Waals surface area contributed by atoms with Crippen molar-refractivity contribution < 1.29 is 0 Å². The van der Waals surface area contributed by atoms with Gasteiger partial charge in [0.2, 0.25) is 0 Å². The topological polar surface area (TPSA) is 0 Å². The summed E-state index contributed by atoms with van der Waals surface area (Å²) in [7, 11) is 0. The van der Waals surface area contributed by atoms with Crippen molar-refractivity contribution in [3.63, 3.8) is 0 Å². The van der Waals surface area contributed by atoms with Crippen molar-refractivity contribution in [1.29, 1.82) is 0 Å². The molecule has 0 saturated heterocycles. The van der Waals surface area contributed by atoms with Crippen molar-refractivity contribution in [2.24, 2.45) is 0 Å². The molecule has 0 heterocycles. The second kappa shape index (κ2) is 2.91. The van der Waals surface area contributed by atoms with Gasteiger partial charge < -0.3 is 0 Å². The summed E-state index contributed by atoms with van der Waals surface area (Å²) >= 11 is 0.418. The van der Waals surface area contributed by atoms with E-state index in [0.29, 0.717) is 15.0 Å². The van der Waals surface area contributed by atoms with Crippen LogP contribution in [-0.4, -0.2) is 15.0 Å². The minimum absolute atomic E-state index is 0.418. The van der Waals surface area contributed by atoms with E-state index in [9.17, 15) is 0 Å². The zero-order valence-electron chi connectivity index (χ0n) is 4.50. The summed E-state index contributed by atoms with van der Waals surface area (Å²) in [6.45, 7) is 0. The Kier molecular flexibility index (Phi) is 2.13. The van der Waals surface area contributed by atoms with Gasteiger partial charge in [0.05, 0.1) is 0 Å². The van der Waals surface area contributed by atoms with Crippen molar-refractivity contribution in [2.45, 2.75) is 0 Å². The van der Waals surface area contributed by atoms with E-state index in [1.54, 1.807) is 0 Å². The van der Waals surface area contributed by atoms with Gasteiger partial charge in [0.15, 0.2) is 0 Å². The molecule has 0 N–H and O–H groups in total. The van der Waals surface area contributed by atoms with Crippen LogP contribution in [0.3, 0.4) is 0 Å². The fourth-order valence-corrected chi connectivity index (χ4v) is 1.25. The fourth-order valence-electron chi connectivity index (χ4n) is 0.517. The molecule has 0 aliphatic carbocycles. The summed E-state index contributed by atoms with van der Waals surface area (Å²) in [4.78, 5) is 0. The quantitative estimate of drug-likeness (QED) is 0.547. The predicted octanol–water partition coefficient (Wildman–Crippen LogP) is 0.808. The van der Waals surface area contributed by atoms with Crippen molar-refractivity contribution in [2.75, 3.05) is 0 Å². The summed E-state index contributed by atoms with van der Waals surface area (Å²) < 4.78 is 1.36. The van der Waals surface area contributed by atoms with E-state index in [-0.39, 0.29) is 0 Å². The zero-order valence-corrected chi connectivity index (χ0v) is 6.22. The molecule has 1 aromatic rings. The molecule has 8 heavy (non-hydrogen) atoms. The Morgan fingerprint density at radius 1 is 1.12 bits per heavy atom. The third-order valence-electron chi connectivity index (χ3n) is 0.910. The molecular formula is C7H7Se. The van der Waals surface area contributed by atoms with E-state index >= 15 is 0 Å². The molecule has 0 aliphatic rings. The minimum atomic E-state index is 0.418. The van der Waals surface area contributed by atoms with E-state index in [1.165, 1.54) is 4.46 Å². The predicted molar refractivity (Wildman–Crippen MR) is 37.2 cm³/mol. The van der Waals surface area contributed by atoms with Crippen LogP contribution in [0.2, 0.25) is 0 Å². The van der Waals surface area contributed by atoms with Gasteiger partial charge in [-0.05, 0) is 0 Å². The average Bonchev–Trinajstić information content (AvgIpc) is 1.90. The van der Waals surface area contributed by atoms with Crippen molar-refractivity contribution in [1.82, 2.24) is 0 Å². The Hall–Kier alpha value is -0.261. The van der Waals surface area contributed by atoms with Gasteiger partial charge in [-0.25, -0.2) is 0 Å². The van der Waals surface area contributed by atoms with Gasteiger partial charge in [0, 0.05) is 0 Å². The van der Waals surface area contributed by atoms with Crippen LogP contribution in [0, 0.1) is 5.82 Å². The first kappa shape index (κ1) is 5.87. The first-order valence-electron chi connectivity index (χ1n) is 2.40. The second-order valence-corrected chi connectivity index (χ2v) is 3.05. The van der Waals surface area contributed by atoms with Crippen LogP contribution in [0.5, 0.6) is 0 Å². The normalized spacial score (nSPS) is 9.12. The number of rotatable bonds is 1. The summed E-state index contributed by atoms with van der Waals surface area (Å²) in [5.74, 6) is 3.82. The molecule has 41 valence electrons. The van der Waals surface area contributed by atoms with E-state index in [0.717, 1.165) is 0 Å². The molecule has 0 bridgehead atoms. The van der Waals surface area contributed by atoms with Crippen LogP contribution in [-0.2, 0) is 0 Å².